The van der Waals surface area contributed by atoms with E-state index in [1.165, 1.54) is 0 Å². The molecule has 0 saturated carbocycles. The Bertz CT molecular complexity index is 245. The number of amides is 1. The minimum atomic E-state index is 0.299. The normalized spacial score (nSPS) is 23.6. The predicted molar refractivity (Wildman–Crippen MR) is 62.3 cm³/mol. The summed E-state index contributed by atoms with van der Waals surface area (Å²) in [6.45, 7) is 5.55. The first-order valence-electron chi connectivity index (χ1n) is 6.29. The second-order valence-corrected chi connectivity index (χ2v) is 4.82. The molecule has 4 nitrogen and oxygen atoms in total. The van der Waals surface area contributed by atoms with Gasteiger partial charge in [0.2, 0.25) is 5.91 Å². The van der Waals surface area contributed by atoms with Crippen LogP contribution in [0.3, 0.4) is 0 Å². The molecule has 4 heteroatoms. The summed E-state index contributed by atoms with van der Waals surface area (Å²) in [5.41, 5.74) is 0. The van der Waals surface area contributed by atoms with E-state index in [2.05, 4.69) is 11.9 Å². The standard InChI is InChI=1S/C12H22N2O2/c1-3-12(15)14-6-4-10(5-7-14)13(2)11-8-16-9-11/h10-11H,3-9H2,1-2H3. The number of nitrogens with zero attached hydrogens (tertiary/aromatic N) is 2. The third-order valence-corrected chi connectivity index (χ3v) is 3.89. The molecule has 2 rings (SSSR count). The Morgan fingerprint density at radius 1 is 1.31 bits per heavy atom. The zero-order valence-electron chi connectivity index (χ0n) is 10.3. The largest absolute Gasteiger partial charge is 0.378 e. The van der Waals surface area contributed by atoms with Gasteiger partial charge in [0.25, 0.3) is 0 Å². The molecular weight excluding hydrogens is 204 g/mol. The van der Waals surface area contributed by atoms with Crippen LogP contribution >= 0.6 is 0 Å². The number of carbonyl (C=O) groups excluding carboxylic acids is 1. The molecule has 0 spiro atoms. The number of rotatable bonds is 3. The summed E-state index contributed by atoms with van der Waals surface area (Å²) in [7, 11) is 2.19. The van der Waals surface area contributed by atoms with E-state index in [1.807, 2.05) is 11.8 Å². The first-order valence-corrected chi connectivity index (χ1v) is 6.29. The van der Waals surface area contributed by atoms with Crippen LogP contribution in [0.1, 0.15) is 26.2 Å². The van der Waals surface area contributed by atoms with Crippen LogP contribution in [0.25, 0.3) is 0 Å². The van der Waals surface area contributed by atoms with E-state index in [1.54, 1.807) is 0 Å². The molecule has 2 heterocycles. The average molecular weight is 226 g/mol. The predicted octanol–water partition coefficient (Wildman–Crippen LogP) is 0.718. The monoisotopic (exact) mass is 226 g/mol. The fourth-order valence-electron chi connectivity index (χ4n) is 2.50. The molecular formula is C12H22N2O2. The summed E-state index contributed by atoms with van der Waals surface area (Å²) in [5.74, 6) is 0.299. The number of likely N-dealkylation sites (tertiary alicyclic amines) is 1. The number of hydrogen-bond donors (Lipinski definition) is 0. The lowest BCUT2D eigenvalue weighted by Crippen LogP contribution is -2.54. The highest BCUT2D eigenvalue weighted by molar-refractivity contribution is 5.75. The summed E-state index contributed by atoms with van der Waals surface area (Å²) in [4.78, 5) is 16.0. The van der Waals surface area contributed by atoms with Crippen molar-refractivity contribution < 1.29 is 9.53 Å². The van der Waals surface area contributed by atoms with Gasteiger partial charge in [-0.2, -0.15) is 0 Å². The van der Waals surface area contributed by atoms with Crippen molar-refractivity contribution >= 4 is 5.91 Å². The molecule has 0 unspecified atom stereocenters. The van der Waals surface area contributed by atoms with E-state index in [-0.39, 0.29) is 0 Å². The fraction of sp³-hybridized carbons (Fsp3) is 0.917. The van der Waals surface area contributed by atoms with Crippen molar-refractivity contribution in [1.82, 2.24) is 9.80 Å². The van der Waals surface area contributed by atoms with E-state index in [9.17, 15) is 4.79 Å². The van der Waals surface area contributed by atoms with Crippen molar-refractivity contribution in [2.45, 2.75) is 38.3 Å². The van der Waals surface area contributed by atoms with Gasteiger partial charge in [-0.05, 0) is 19.9 Å². The van der Waals surface area contributed by atoms with Gasteiger partial charge in [0, 0.05) is 25.6 Å². The van der Waals surface area contributed by atoms with Crippen LogP contribution < -0.4 is 0 Å². The van der Waals surface area contributed by atoms with Crippen molar-refractivity contribution in [3.63, 3.8) is 0 Å². The summed E-state index contributed by atoms with van der Waals surface area (Å²) in [6, 6.07) is 1.24. The van der Waals surface area contributed by atoms with Crippen LogP contribution in [0.4, 0.5) is 0 Å². The highest BCUT2D eigenvalue weighted by Gasteiger charge is 2.31. The van der Waals surface area contributed by atoms with E-state index in [0.717, 1.165) is 39.1 Å². The van der Waals surface area contributed by atoms with Gasteiger partial charge in [0.1, 0.15) is 0 Å². The van der Waals surface area contributed by atoms with Gasteiger partial charge in [-0.3, -0.25) is 9.69 Å². The van der Waals surface area contributed by atoms with Gasteiger partial charge in [0.05, 0.1) is 19.3 Å². The quantitative estimate of drug-likeness (QED) is 0.711. The Labute approximate surface area is 97.5 Å². The molecule has 2 aliphatic heterocycles. The van der Waals surface area contributed by atoms with Crippen LogP contribution in [0.5, 0.6) is 0 Å². The maximum absolute atomic E-state index is 11.5. The summed E-state index contributed by atoms with van der Waals surface area (Å²) in [5, 5.41) is 0. The molecule has 0 aromatic carbocycles. The molecule has 92 valence electrons. The SMILES string of the molecule is CCC(=O)N1CCC(N(C)C2COC2)CC1. The highest BCUT2D eigenvalue weighted by Crippen LogP contribution is 2.20. The fourth-order valence-corrected chi connectivity index (χ4v) is 2.50. The summed E-state index contributed by atoms with van der Waals surface area (Å²) in [6.07, 6.45) is 2.86. The van der Waals surface area contributed by atoms with Gasteiger partial charge in [-0.1, -0.05) is 6.92 Å². The first kappa shape index (κ1) is 11.9. The highest BCUT2D eigenvalue weighted by atomic mass is 16.5. The van der Waals surface area contributed by atoms with Crippen molar-refractivity contribution in [1.29, 1.82) is 0 Å². The van der Waals surface area contributed by atoms with Gasteiger partial charge >= 0.3 is 0 Å². The van der Waals surface area contributed by atoms with E-state index < -0.39 is 0 Å². The third kappa shape index (κ3) is 2.38. The Hall–Kier alpha value is -0.610. The van der Waals surface area contributed by atoms with E-state index in [4.69, 9.17) is 4.74 Å². The Morgan fingerprint density at radius 3 is 2.38 bits per heavy atom. The lowest BCUT2D eigenvalue weighted by atomic mass is 10.0. The molecule has 0 bridgehead atoms. The lowest BCUT2D eigenvalue weighted by molar-refractivity contribution is -0.133. The van der Waals surface area contributed by atoms with Crippen LogP contribution in [0, 0.1) is 0 Å². The van der Waals surface area contributed by atoms with Gasteiger partial charge < -0.3 is 9.64 Å². The number of carbonyl (C=O) groups is 1. The van der Waals surface area contributed by atoms with Crippen LogP contribution in [0.15, 0.2) is 0 Å². The minimum Gasteiger partial charge on any atom is -0.378 e. The Morgan fingerprint density at radius 2 is 1.94 bits per heavy atom. The first-order chi connectivity index (χ1) is 7.72. The molecule has 2 saturated heterocycles. The molecule has 16 heavy (non-hydrogen) atoms. The van der Waals surface area contributed by atoms with E-state index >= 15 is 0 Å². The van der Waals surface area contributed by atoms with Gasteiger partial charge in [0.15, 0.2) is 0 Å². The molecule has 0 N–H and O–H groups in total. The van der Waals surface area contributed by atoms with Crippen LogP contribution in [-0.4, -0.2) is 61.1 Å². The topological polar surface area (TPSA) is 32.8 Å². The van der Waals surface area contributed by atoms with Crippen molar-refractivity contribution in [3.05, 3.63) is 0 Å². The van der Waals surface area contributed by atoms with Crippen LogP contribution in [0.2, 0.25) is 0 Å². The second kappa shape index (κ2) is 5.15. The number of likely N-dealkylation sites (N-methyl/N-ethyl adjacent to an activating group) is 1. The molecule has 0 aromatic rings. The molecule has 0 aromatic heterocycles. The smallest absolute Gasteiger partial charge is 0.222 e. The van der Waals surface area contributed by atoms with Gasteiger partial charge in [-0.15, -0.1) is 0 Å². The Kier molecular flexibility index (Phi) is 3.82. The van der Waals surface area contributed by atoms with Crippen molar-refractivity contribution in [2.75, 3.05) is 33.4 Å². The number of ether oxygens (including phenoxy) is 1. The molecule has 2 aliphatic rings. The maximum atomic E-state index is 11.5. The van der Waals surface area contributed by atoms with Crippen LogP contribution in [-0.2, 0) is 9.53 Å². The molecule has 0 atom stereocenters. The van der Waals surface area contributed by atoms with Gasteiger partial charge in [-0.25, -0.2) is 0 Å². The molecule has 1 amide bonds. The molecule has 0 aliphatic carbocycles. The maximum Gasteiger partial charge on any atom is 0.222 e. The average Bonchev–Trinajstić information content (AvgIpc) is 2.26. The van der Waals surface area contributed by atoms with E-state index in [0.29, 0.717) is 24.4 Å². The second-order valence-electron chi connectivity index (χ2n) is 4.82. The third-order valence-electron chi connectivity index (χ3n) is 3.89. The lowest BCUT2D eigenvalue weighted by Gasteiger charge is -2.43. The number of hydrogen-bond acceptors (Lipinski definition) is 3. The van der Waals surface area contributed by atoms with Crippen molar-refractivity contribution in [2.24, 2.45) is 0 Å². The summed E-state index contributed by atoms with van der Waals surface area (Å²) < 4.78 is 5.22. The zero-order chi connectivity index (χ0) is 11.5. The number of piperidine rings is 1. The van der Waals surface area contributed by atoms with Crippen molar-refractivity contribution in [3.8, 4) is 0 Å². The minimum absolute atomic E-state index is 0.299. The summed E-state index contributed by atoms with van der Waals surface area (Å²) >= 11 is 0. The molecule has 0 radical (unpaired) electrons. The zero-order valence-corrected chi connectivity index (χ0v) is 10.3. The molecule has 2 fully saturated rings. The Balaban J connectivity index is 1.78.